The van der Waals surface area contributed by atoms with E-state index >= 15 is 0 Å². The highest BCUT2D eigenvalue weighted by Crippen LogP contribution is 2.36. The number of nitriles is 1. The predicted octanol–water partition coefficient (Wildman–Crippen LogP) is 1.86. The maximum absolute atomic E-state index is 11.8. The lowest BCUT2D eigenvalue weighted by molar-refractivity contribution is -0.118. The van der Waals surface area contributed by atoms with Gasteiger partial charge in [0, 0.05) is 6.07 Å². The Labute approximate surface area is 134 Å². The number of halogens is 1. The van der Waals surface area contributed by atoms with Gasteiger partial charge in [0.2, 0.25) is 5.95 Å². The van der Waals surface area contributed by atoms with Crippen LogP contribution in [-0.4, -0.2) is 34.3 Å². The molecular weight excluding hydrogens is 354 g/mol. The molecule has 0 spiro atoms. The van der Waals surface area contributed by atoms with Crippen LogP contribution < -0.4 is 14.8 Å². The molecule has 1 aromatic heterocycles. The number of benzene rings is 1. The van der Waals surface area contributed by atoms with Crippen molar-refractivity contribution in [2.45, 2.75) is 6.92 Å². The first-order valence-corrected chi connectivity index (χ1v) is 7.07. The van der Waals surface area contributed by atoms with Crippen molar-refractivity contribution in [1.29, 1.82) is 5.26 Å². The van der Waals surface area contributed by atoms with Gasteiger partial charge in [-0.2, -0.15) is 15.3 Å². The van der Waals surface area contributed by atoms with Crippen LogP contribution in [0.1, 0.15) is 12.5 Å². The fraction of sp³-hybridized carbons (Fsp3) is 0.231. The summed E-state index contributed by atoms with van der Waals surface area (Å²) in [6.45, 7) is 1.97. The Hall–Kier alpha value is -2.60. The molecule has 0 atom stereocenters. The lowest BCUT2D eigenvalue weighted by Crippen LogP contribution is -2.21. The number of aromatic amines is 1. The number of hydrogen-bond donors (Lipinski definition) is 2. The maximum atomic E-state index is 11.8. The van der Waals surface area contributed by atoms with E-state index in [2.05, 4.69) is 36.4 Å². The Morgan fingerprint density at radius 3 is 2.95 bits per heavy atom. The molecule has 114 valence electrons. The van der Waals surface area contributed by atoms with Crippen molar-refractivity contribution in [1.82, 2.24) is 15.2 Å². The van der Waals surface area contributed by atoms with Crippen LogP contribution in [0.5, 0.6) is 11.5 Å². The molecule has 0 bridgehead atoms. The second-order valence-electron chi connectivity index (χ2n) is 4.00. The van der Waals surface area contributed by atoms with E-state index in [4.69, 9.17) is 14.7 Å². The molecule has 0 aliphatic rings. The summed E-state index contributed by atoms with van der Waals surface area (Å²) in [6.07, 6.45) is 1.28. The van der Waals surface area contributed by atoms with Crippen LogP contribution in [0.25, 0.3) is 0 Å². The number of amides is 1. The van der Waals surface area contributed by atoms with Gasteiger partial charge in [0.15, 0.2) is 18.1 Å². The summed E-state index contributed by atoms with van der Waals surface area (Å²) < 4.78 is 11.4. The van der Waals surface area contributed by atoms with Gasteiger partial charge in [0.25, 0.3) is 5.91 Å². The van der Waals surface area contributed by atoms with E-state index in [9.17, 15) is 4.79 Å². The molecule has 9 heteroatoms. The Kier molecular flexibility index (Phi) is 5.32. The average molecular weight is 366 g/mol. The number of hydrogen-bond acceptors (Lipinski definition) is 6. The summed E-state index contributed by atoms with van der Waals surface area (Å²) in [5.41, 5.74) is 0.425. The fourth-order valence-corrected chi connectivity index (χ4v) is 2.16. The topological polar surface area (TPSA) is 113 Å². The number of H-pyrrole nitrogens is 1. The largest absolute Gasteiger partial charge is 0.490 e. The summed E-state index contributed by atoms with van der Waals surface area (Å²) in [4.78, 5) is 15.5. The van der Waals surface area contributed by atoms with Crippen molar-refractivity contribution >= 4 is 27.8 Å². The number of rotatable bonds is 6. The van der Waals surface area contributed by atoms with E-state index in [0.717, 1.165) is 0 Å². The summed E-state index contributed by atoms with van der Waals surface area (Å²) in [7, 11) is 0. The molecule has 8 nitrogen and oxygen atoms in total. The average Bonchev–Trinajstić information content (AvgIpc) is 2.99. The third kappa shape index (κ3) is 3.95. The zero-order valence-electron chi connectivity index (χ0n) is 11.6. The van der Waals surface area contributed by atoms with Crippen molar-refractivity contribution in [2.24, 2.45) is 0 Å². The highest BCUT2D eigenvalue weighted by Gasteiger charge is 2.14. The summed E-state index contributed by atoms with van der Waals surface area (Å²) in [5.74, 6) is 0.572. The highest BCUT2D eigenvalue weighted by molar-refractivity contribution is 9.10. The number of aromatic nitrogens is 3. The Balaban J connectivity index is 2.08. The lowest BCUT2D eigenvalue weighted by Gasteiger charge is -2.13. The van der Waals surface area contributed by atoms with Crippen molar-refractivity contribution in [3.63, 3.8) is 0 Å². The molecule has 0 saturated heterocycles. The molecule has 0 unspecified atom stereocenters. The molecule has 2 aromatic rings. The minimum absolute atomic E-state index is 0.234. The van der Waals surface area contributed by atoms with E-state index in [1.165, 1.54) is 6.33 Å². The summed E-state index contributed by atoms with van der Waals surface area (Å²) in [5, 5.41) is 17.6. The number of anilines is 1. The second kappa shape index (κ2) is 7.42. The Morgan fingerprint density at radius 2 is 2.32 bits per heavy atom. The van der Waals surface area contributed by atoms with Crippen LogP contribution in [0.4, 0.5) is 5.95 Å². The van der Waals surface area contributed by atoms with Gasteiger partial charge >= 0.3 is 0 Å². The van der Waals surface area contributed by atoms with Gasteiger partial charge in [-0.1, -0.05) is 0 Å². The van der Waals surface area contributed by atoms with Crippen molar-refractivity contribution < 1.29 is 14.3 Å². The van der Waals surface area contributed by atoms with Crippen LogP contribution >= 0.6 is 15.9 Å². The first-order valence-electron chi connectivity index (χ1n) is 6.28. The van der Waals surface area contributed by atoms with E-state index in [1.807, 2.05) is 13.0 Å². The fourth-order valence-electron chi connectivity index (χ4n) is 1.61. The normalized spacial score (nSPS) is 9.86. The first-order chi connectivity index (χ1) is 10.6. The molecular formula is C13H12BrN5O3. The van der Waals surface area contributed by atoms with Gasteiger partial charge in [-0.3, -0.25) is 10.1 Å². The standard InChI is InChI=1S/C13H12BrN5O3/c1-2-21-10-4-8(5-15)3-9(14)12(10)22-6-11(20)18-13-16-7-17-19-13/h3-4,7H,2,6H2,1H3,(H2,16,17,18,19,20). The molecule has 1 amide bonds. The van der Waals surface area contributed by atoms with Crippen molar-refractivity contribution in [3.8, 4) is 17.6 Å². The van der Waals surface area contributed by atoms with E-state index < -0.39 is 5.91 Å². The minimum Gasteiger partial charge on any atom is -0.490 e. The molecule has 1 heterocycles. The van der Waals surface area contributed by atoms with Gasteiger partial charge in [-0.25, -0.2) is 5.10 Å². The molecule has 0 aliphatic heterocycles. The molecule has 22 heavy (non-hydrogen) atoms. The zero-order valence-corrected chi connectivity index (χ0v) is 13.2. The van der Waals surface area contributed by atoms with Gasteiger partial charge in [-0.05, 0) is 28.9 Å². The first kappa shape index (κ1) is 15.8. The molecule has 0 radical (unpaired) electrons. The minimum atomic E-state index is -0.407. The number of nitrogens with zero attached hydrogens (tertiary/aromatic N) is 3. The summed E-state index contributed by atoms with van der Waals surface area (Å²) >= 11 is 3.30. The van der Waals surface area contributed by atoms with Crippen molar-refractivity contribution in [3.05, 3.63) is 28.5 Å². The van der Waals surface area contributed by atoms with Crippen LogP contribution in [0.2, 0.25) is 0 Å². The number of nitrogens with one attached hydrogen (secondary N) is 2. The molecule has 0 fully saturated rings. The van der Waals surface area contributed by atoms with E-state index in [1.54, 1.807) is 12.1 Å². The third-order valence-electron chi connectivity index (χ3n) is 2.46. The highest BCUT2D eigenvalue weighted by atomic mass is 79.9. The van der Waals surface area contributed by atoms with Crippen molar-refractivity contribution in [2.75, 3.05) is 18.5 Å². The maximum Gasteiger partial charge on any atom is 0.264 e. The smallest absolute Gasteiger partial charge is 0.264 e. The van der Waals surface area contributed by atoms with Gasteiger partial charge in [0.05, 0.1) is 22.7 Å². The monoisotopic (exact) mass is 365 g/mol. The van der Waals surface area contributed by atoms with Gasteiger partial charge in [-0.15, -0.1) is 0 Å². The van der Waals surface area contributed by atoms with Gasteiger partial charge in [0.1, 0.15) is 6.33 Å². The van der Waals surface area contributed by atoms with Crippen LogP contribution in [0, 0.1) is 11.3 Å². The molecule has 0 saturated carbocycles. The van der Waals surface area contributed by atoms with Gasteiger partial charge < -0.3 is 9.47 Å². The molecule has 2 rings (SSSR count). The number of ether oxygens (including phenoxy) is 2. The Bertz CT molecular complexity index is 696. The molecule has 2 N–H and O–H groups in total. The predicted molar refractivity (Wildman–Crippen MR) is 80.5 cm³/mol. The summed E-state index contributed by atoms with van der Waals surface area (Å²) in [6, 6.07) is 5.17. The zero-order chi connectivity index (χ0) is 15.9. The SMILES string of the molecule is CCOc1cc(C#N)cc(Br)c1OCC(=O)Nc1ncn[nH]1. The molecule has 0 aliphatic carbocycles. The third-order valence-corrected chi connectivity index (χ3v) is 3.05. The number of carbonyl (C=O) groups excluding carboxylic acids is 1. The molecule has 1 aromatic carbocycles. The van der Waals surface area contributed by atoms with Crippen LogP contribution in [-0.2, 0) is 4.79 Å². The van der Waals surface area contributed by atoms with Crippen LogP contribution in [0.3, 0.4) is 0 Å². The second-order valence-corrected chi connectivity index (χ2v) is 4.86. The van der Waals surface area contributed by atoms with E-state index in [-0.39, 0.29) is 12.6 Å². The van der Waals surface area contributed by atoms with Crippen LogP contribution in [0.15, 0.2) is 22.9 Å². The number of carbonyl (C=O) groups is 1. The lowest BCUT2D eigenvalue weighted by atomic mass is 10.2. The van der Waals surface area contributed by atoms with E-state index in [0.29, 0.717) is 28.1 Å². The Morgan fingerprint density at radius 1 is 1.50 bits per heavy atom. The quantitative estimate of drug-likeness (QED) is 0.807.